The molecule has 0 bridgehead atoms. The highest BCUT2D eigenvalue weighted by Crippen LogP contribution is 2.26. The Morgan fingerprint density at radius 2 is 1.65 bits per heavy atom. The molecule has 1 N–H and O–H groups in total. The van der Waals surface area contributed by atoms with Gasteiger partial charge in [-0.05, 0) is 37.0 Å². The van der Waals surface area contributed by atoms with E-state index in [0.29, 0.717) is 0 Å². The summed E-state index contributed by atoms with van der Waals surface area (Å²) in [5.41, 5.74) is 4.45. The van der Waals surface area contributed by atoms with Crippen LogP contribution in [0.15, 0.2) is 60.7 Å². The molecule has 132 valence electrons. The fourth-order valence-corrected chi connectivity index (χ4v) is 3.29. The van der Waals surface area contributed by atoms with Crippen LogP contribution in [-0.4, -0.2) is 23.1 Å². The highest BCUT2D eigenvalue weighted by Gasteiger charge is 2.17. The van der Waals surface area contributed by atoms with Crippen molar-refractivity contribution in [2.75, 3.05) is 23.3 Å². The average Bonchev–Trinajstić information content (AvgIpc) is 3.24. The van der Waals surface area contributed by atoms with Gasteiger partial charge in [-0.3, -0.25) is 0 Å². The van der Waals surface area contributed by atoms with Crippen molar-refractivity contribution in [2.45, 2.75) is 26.2 Å². The number of rotatable bonds is 5. The van der Waals surface area contributed by atoms with Crippen molar-refractivity contribution < 1.29 is 0 Å². The number of hydrogen-bond donors (Lipinski definition) is 1. The molecule has 0 saturated carbocycles. The van der Waals surface area contributed by atoms with Crippen LogP contribution in [0.4, 0.5) is 17.5 Å². The van der Waals surface area contributed by atoms with Gasteiger partial charge in [-0.2, -0.15) is 4.98 Å². The van der Waals surface area contributed by atoms with E-state index in [1.165, 1.54) is 18.4 Å². The molecule has 4 rings (SSSR count). The number of anilines is 3. The molecule has 1 fully saturated rings. The van der Waals surface area contributed by atoms with Crippen LogP contribution in [0.3, 0.4) is 0 Å². The van der Waals surface area contributed by atoms with Crippen molar-refractivity contribution in [1.82, 2.24) is 9.97 Å². The molecule has 2 aromatic carbocycles. The molecule has 0 aliphatic carbocycles. The van der Waals surface area contributed by atoms with E-state index in [0.717, 1.165) is 48.2 Å². The summed E-state index contributed by atoms with van der Waals surface area (Å²) in [5.74, 6) is 1.65. The van der Waals surface area contributed by atoms with E-state index in [9.17, 15) is 0 Å². The standard InChI is InChI=1S/C22H24N4/c1-2-17-10-12-19(13-11-17)23-21-16-20(18-8-4-3-5-9-18)24-22(25-21)26-14-6-7-15-26/h3-5,8-13,16H,2,6-7,14-15H2,1H3,(H,23,24,25). The van der Waals surface area contributed by atoms with Crippen LogP contribution in [-0.2, 0) is 6.42 Å². The van der Waals surface area contributed by atoms with Gasteiger partial charge in [0, 0.05) is 30.4 Å². The first-order valence-corrected chi connectivity index (χ1v) is 9.37. The minimum atomic E-state index is 0.816. The number of aryl methyl sites for hydroxylation is 1. The molecule has 4 heteroatoms. The van der Waals surface area contributed by atoms with Gasteiger partial charge in [0.25, 0.3) is 0 Å². The maximum Gasteiger partial charge on any atom is 0.227 e. The SMILES string of the molecule is CCc1ccc(Nc2cc(-c3ccccc3)nc(N3CCCC3)n2)cc1. The fourth-order valence-electron chi connectivity index (χ4n) is 3.29. The summed E-state index contributed by atoms with van der Waals surface area (Å²) in [5, 5.41) is 3.45. The Labute approximate surface area is 154 Å². The predicted octanol–water partition coefficient (Wildman–Crippen LogP) is 5.05. The molecular formula is C22H24N4. The minimum absolute atomic E-state index is 0.816. The van der Waals surface area contributed by atoms with Gasteiger partial charge in [-0.25, -0.2) is 4.98 Å². The predicted molar refractivity (Wildman–Crippen MR) is 108 cm³/mol. The molecule has 26 heavy (non-hydrogen) atoms. The lowest BCUT2D eigenvalue weighted by molar-refractivity contribution is 0.902. The molecule has 1 aromatic heterocycles. The smallest absolute Gasteiger partial charge is 0.227 e. The highest BCUT2D eigenvalue weighted by molar-refractivity contribution is 5.67. The zero-order valence-electron chi connectivity index (χ0n) is 15.2. The van der Waals surface area contributed by atoms with Gasteiger partial charge in [0.15, 0.2) is 0 Å². The van der Waals surface area contributed by atoms with Gasteiger partial charge in [-0.1, -0.05) is 49.4 Å². The summed E-state index contributed by atoms with van der Waals surface area (Å²) in [4.78, 5) is 11.9. The van der Waals surface area contributed by atoms with Crippen LogP contribution in [0.5, 0.6) is 0 Å². The molecule has 2 heterocycles. The van der Waals surface area contributed by atoms with Crippen molar-refractivity contribution in [3.8, 4) is 11.3 Å². The molecule has 4 nitrogen and oxygen atoms in total. The third kappa shape index (κ3) is 3.69. The van der Waals surface area contributed by atoms with Crippen molar-refractivity contribution >= 4 is 17.5 Å². The first-order chi connectivity index (χ1) is 12.8. The molecule has 0 atom stereocenters. The van der Waals surface area contributed by atoms with E-state index in [1.54, 1.807) is 0 Å². The number of hydrogen-bond acceptors (Lipinski definition) is 4. The summed E-state index contributed by atoms with van der Waals surface area (Å²) in [6.45, 7) is 4.23. The van der Waals surface area contributed by atoms with E-state index in [1.807, 2.05) is 24.3 Å². The third-order valence-corrected chi connectivity index (χ3v) is 4.81. The van der Waals surface area contributed by atoms with Crippen molar-refractivity contribution in [2.24, 2.45) is 0 Å². The fraction of sp³-hybridized carbons (Fsp3) is 0.273. The first-order valence-electron chi connectivity index (χ1n) is 9.37. The van der Waals surface area contributed by atoms with E-state index >= 15 is 0 Å². The molecule has 1 saturated heterocycles. The number of nitrogens with one attached hydrogen (secondary N) is 1. The Balaban J connectivity index is 1.68. The minimum Gasteiger partial charge on any atom is -0.341 e. The van der Waals surface area contributed by atoms with Crippen LogP contribution in [0.1, 0.15) is 25.3 Å². The van der Waals surface area contributed by atoms with Gasteiger partial charge in [0.2, 0.25) is 5.95 Å². The highest BCUT2D eigenvalue weighted by atomic mass is 15.3. The van der Waals surface area contributed by atoms with Crippen LogP contribution < -0.4 is 10.2 Å². The van der Waals surface area contributed by atoms with Gasteiger partial charge in [0.1, 0.15) is 5.82 Å². The second-order valence-electron chi connectivity index (χ2n) is 6.67. The molecule has 1 aliphatic rings. The normalized spacial score (nSPS) is 13.8. The Bertz CT molecular complexity index is 853. The summed E-state index contributed by atoms with van der Waals surface area (Å²) < 4.78 is 0. The zero-order chi connectivity index (χ0) is 17.8. The van der Waals surface area contributed by atoms with Crippen LogP contribution in [0.2, 0.25) is 0 Å². The van der Waals surface area contributed by atoms with E-state index < -0.39 is 0 Å². The monoisotopic (exact) mass is 344 g/mol. The molecule has 3 aromatic rings. The Morgan fingerprint density at radius 1 is 0.923 bits per heavy atom. The lowest BCUT2D eigenvalue weighted by atomic mass is 10.1. The molecule has 0 spiro atoms. The van der Waals surface area contributed by atoms with Gasteiger partial charge < -0.3 is 10.2 Å². The van der Waals surface area contributed by atoms with Crippen LogP contribution in [0, 0.1) is 0 Å². The molecule has 0 amide bonds. The van der Waals surface area contributed by atoms with Gasteiger partial charge in [0.05, 0.1) is 5.69 Å². The van der Waals surface area contributed by atoms with Crippen LogP contribution >= 0.6 is 0 Å². The summed E-state index contributed by atoms with van der Waals surface area (Å²) in [6, 6.07) is 20.9. The summed E-state index contributed by atoms with van der Waals surface area (Å²) in [7, 11) is 0. The lowest BCUT2D eigenvalue weighted by Crippen LogP contribution is -2.21. The third-order valence-electron chi connectivity index (χ3n) is 4.81. The molecule has 0 radical (unpaired) electrons. The number of nitrogens with zero attached hydrogens (tertiary/aromatic N) is 3. The van der Waals surface area contributed by atoms with Crippen molar-refractivity contribution in [3.63, 3.8) is 0 Å². The maximum absolute atomic E-state index is 4.83. The van der Waals surface area contributed by atoms with E-state index in [2.05, 4.69) is 53.5 Å². The largest absolute Gasteiger partial charge is 0.341 e. The second kappa shape index (κ2) is 7.56. The van der Waals surface area contributed by atoms with Crippen LogP contribution in [0.25, 0.3) is 11.3 Å². The lowest BCUT2D eigenvalue weighted by Gasteiger charge is -2.18. The summed E-state index contributed by atoms with van der Waals surface area (Å²) >= 11 is 0. The molecule has 1 aliphatic heterocycles. The number of aromatic nitrogens is 2. The molecular weight excluding hydrogens is 320 g/mol. The second-order valence-corrected chi connectivity index (χ2v) is 6.67. The van der Waals surface area contributed by atoms with Gasteiger partial charge in [-0.15, -0.1) is 0 Å². The first kappa shape index (κ1) is 16.6. The topological polar surface area (TPSA) is 41.1 Å². The Morgan fingerprint density at radius 3 is 2.35 bits per heavy atom. The quantitative estimate of drug-likeness (QED) is 0.703. The van der Waals surface area contributed by atoms with E-state index in [-0.39, 0.29) is 0 Å². The van der Waals surface area contributed by atoms with E-state index in [4.69, 9.17) is 9.97 Å². The average molecular weight is 344 g/mol. The van der Waals surface area contributed by atoms with Crippen molar-refractivity contribution in [1.29, 1.82) is 0 Å². The maximum atomic E-state index is 4.83. The van der Waals surface area contributed by atoms with Crippen molar-refractivity contribution in [3.05, 3.63) is 66.2 Å². The summed E-state index contributed by atoms with van der Waals surface area (Å²) in [6.07, 6.45) is 3.46. The zero-order valence-corrected chi connectivity index (χ0v) is 15.2. The van der Waals surface area contributed by atoms with Gasteiger partial charge >= 0.3 is 0 Å². The number of benzene rings is 2. The Hall–Kier alpha value is -2.88. The molecule has 0 unspecified atom stereocenters. The Kier molecular flexibility index (Phi) is 4.82.